The van der Waals surface area contributed by atoms with Gasteiger partial charge >= 0.3 is 11.7 Å². The molecular formula is C11H12ClF6NS. The molecule has 0 radical (unpaired) electrons. The van der Waals surface area contributed by atoms with Crippen molar-refractivity contribution in [1.29, 1.82) is 0 Å². The zero-order valence-electron chi connectivity index (χ0n) is 9.96. The van der Waals surface area contributed by atoms with Crippen LogP contribution >= 0.6 is 24.2 Å². The number of halogens is 7. The van der Waals surface area contributed by atoms with Crippen LogP contribution in [-0.4, -0.2) is 11.7 Å². The van der Waals surface area contributed by atoms with Crippen LogP contribution in [0.25, 0.3) is 0 Å². The van der Waals surface area contributed by atoms with Crippen LogP contribution in [0, 0.1) is 0 Å². The van der Waals surface area contributed by atoms with Gasteiger partial charge in [0.15, 0.2) is 0 Å². The monoisotopic (exact) mass is 339 g/mol. The molecule has 1 aromatic carbocycles. The smallest absolute Gasteiger partial charge is 0.324 e. The maximum Gasteiger partial charge on any atom is 0.446 e. The highest BCUT2D eigenvalue weighted by Gasteiger charge is 2.29. The Bertz CT molecular complexity index is 403. The van der Waals surface area contributed by atoms with Crippen LogP contribution in [0.5, 0.6) is 0 Å². The van der Waals surface area contributed by atoms with Crippen molar-refractivity contribution in [2.24, 2.45) is 5.73 Å². The van der Waals surface area contributed by atoms with Crippen LogP contribution in [-0.2, 0) is 0 Å². The summed E-state index contributed by atoms with van der Waals surface area (Å²) in [6, 6.07) is 4.18. The molecule has 0 fully saturated rings. The molecule has 116 valence electrons. The third-order valence-corrected chi connectivity index (χ3v) is 3.02. The number of rotatable bonds is 4. The Kier molecular flexibility index (Phi) is 7.20. The van der Waals surface area contributed by atoms with E-state index >= 15 is 0 Å². The molecule has 0 aliphatic rings. The highest BCUT2D eigenvalue weighted by atomic mass is 35.5. The van der Waals surface area contributed by atoms with Gasteiger partial charge in [0.1, 0.15) is 0 Å². The predicted molar refractivity (Wildman–Crippen MR) is 67.8 cm³/mol. The number of benzene rings is 1. The number of hydrogen-bond acceptors (Lipinski definition) is 2. The van der Waals surface area contributed by atoms with Crippen LogP contribution in [0.4, 0.5) is 26.3 Å². The Labute approximate surface area is 122 Å². The topological polar surface area (TPSA) is 26.0 Å². The van der Waals surface area contributed by atoms with E-state index in [1.54, 1.807) is 0 Å². The van der Waals surface area contributed by atoms with Crippen molar-refractivity contribution < 1.29 is 26.3 Å². The molecule has 0 amide bonds. The zero-order chi connectivity index (χ0) is 14.7. The molecule has 1 nitrogen and oxygen atoms in total. The van der Waals surface area contributed by atoms with Crippen molar-refractivity contribution in [2.75, 3.05) is 0 Å². The Hall–Kier alpha value is -0.600. The first-order chi connectivity index (χ1) is 8.57. The lowest BCUT2D eigenvalue weighted by Crippen LogP contribution is -2.15. The summed E-state index contributed by atoms with van der Waals surface area (Å²) in [7, 11) is 0. The van der Waals surface area contributed by atoms with Crippen molar-refractivity contribution in [3.8, 4) is 0 Å². The average molecular weight is 340 g/mol. The fourth-order valence-corrected chi connectivity index (χ4v) is 1.94. The standard InChI is InChI=1S/C11H11F6NS.ClH/c12-10(13,14)6-5-9(18)7-1-3-8(4-2-7)19-11(15,16)17;/h1-4,9H,5-6,18H2;1H/t9-;/m1./s1. The summed E-state index contributed by atoms with van der Waals surface area (Å²) in [5.74, 6) is 0. The van der Waals surface area contributed by atoms with E-state index in [1.165, 1.54) is 24.3 Å². The van der Waals surface area contributed by atoms with E-state index in [0.29, 0.717) is 5.56 Å². The summed E-state index contributed by atoms with van der Waals surface area (Å²) in [6.45, 7) is 0. The lowest BCUT2D eigenvalue weighted by molar-refractivity contribution is -0.136. The first kappa shape index (κ1) is 19.4. The highest BCUT2D eigenvalue weighted by Crippen LogP contribution is 2.37. The van der Waals surface area contributed by atoms with Crippen LogP contribution in [0.2, 0.25) is 0 Å². The molecule has 0 bridgehead atoms. The molecule has 0 heterocycles. The van der Waals surface area contributed by atoms with E-state index in [4.69, 9.17) is 5.73 Å². The van der Waals surface area contributed by atoms with Gasteiger partial charge in [-0.2, -0.15) is 26.3 Å². The van der Waals surface area contributed by atoms with Crippen LogP contribution in [0.3, 0.4) is 0 Å². The second-order valence-corrected chi connectivity index (χ2v) is 5.02. The molecule has 1 atom stereocenters. The van der Waals surface area contributed by atoms with Gasteiger partial charge in [-0.3, -0.25) is 0 Å². The first-order valence-corrected chi connectivity index (χ1v) is 6.06. The fourth-order valence-electron chi connectivity index (χ4n) is 1.40. The minimum atomic E-state index is -4.39. The molecule has 1 aromatic rings. The van der Waals surface area contributed by atoms with E-state index < -0.39 is 24.1 Å². The second kappa shape index (κ2) is 7.42. The molecule has 0 saturated heterocycles. The van der Waals surface area contributed by atoms with Gasteiger partial charge < -0.3 is 5.73 Å². The van der Waals surface area contributed by atoms with E-state index in [-0.39, 0.29) is 35.5 Å². The summed E-state index contributed by atoms with van der Waals surface area (Å²) in [5, 5.41) is 0. The first-order valence-electron chi connectivity index (χ1n) is 5.25. The maximum atomic E-state index is 12.1. The van der Waals surface area contributed by atoms with Crippen LogP contribution < -0.4 is 5.73 Å². The Morgan fingerprint density at radius 2 is 1.50 bits per heavy atom. The average Bonchev–Trinajstić information content (AvgIpc) is 2.23. The Balaban J connectivity index is 0.00000361. The normalized spacial score (nSPS) is 13.8. The van der Waals surface area contributed by atoms with E-state index in [2.05, 4.69) is 0 Å². The van der Waals surface area contributed by atoms with Gasteiger partial charge in [-0.1, -0.05) is 12.1 Å². The summed E-state index contributed by atoms with van der Waals surface area (Å²) in [5.41, 5.74) is 1.55. The summed E-state index contributed by atoms with van der Waals surface area (Å²) >= 11 is -0.282. The van der Waals surface area contributed by atoms with Crippen LogP contribution in [0.15, 0.2) is 29.2 Å². The summed E-state index contributed by atoms with van der Waals surface area (Å²) in [4.78, 5) is -0.0285. The molecule has 2 N–H and O–H groups in total. The van der Waals surface area contributed by atoms with E-state index in [9.17, 15) is 26.3 Å². The van der Waals surface area contributed by atoms with Crippen molar-refractivity contribution in [3.05, 3.63) is 29.8 Å². The van der Waals surface area contributed by atoms with Gasteiger partial charge in [0, 0.05) is 17.4 Å². The van der Waals surface area contributed by atoms with E-state index in [0.717, 1.165) is 0 Å². The quantitative estimate of drug-likeness (QED) is 0.612. The number of nitrogens with two attached hydrogens (primary N) is 1. The van der Waals surface area contributed by atoms with Crippen LogP contribution in [0.1, 0.15) is 24.4 Å². The van der Waals surface area contributed by atoms with Crippen molar-refractivity contribution in [1.82, 2.24) is 0 Å². The summed E-state index contributed by atoms with van der Waals surface area (Å²) < 4.78 is 72.2. The molecular weight excluding hydrogens is 328 g/mol. The minimum absolute atomic E-state index is 0. The third kappa shape index (κ3) is 7.86. The molecule has 0 saturated carbocycles. The predicted octanol–water partition coefficient (Wildman–Crippen LogP) is 5.06. The van der Waals surface area contributed by atoms with Crippen molar-refractivity contribution in [3.63, 3.8) is 0 Å². The van der Waals surface area contributed by atoms with Gasteiger partial charge in [0.05, 0.1) is 0 Å². The van der Waals surface area contributed by atoms with Gasteiger partial charge in [-0.25, -0.2) is 0 Å². The molecule has 0 aliphatic carbocycles. The van der Waals surface area contributed by atoms with Crippen molar-refractivity contribution in [2.45, 2.75) is 35.5 Å². The fraction of sp³-hybridized carbons (Fsp3) is 0.455. The number of thioether (sulfide) groups is 1. The molecule has 0 spiro atoms. The molecule has 9 heteroatoms. The lowest BCUT2D eigenvalue weighted by Gasteiger charge is -2.14. The lowest BCUT2D eigenvalue weighted by atomic mass is 10.0. The zero-order valence-corrected chi connectivity index (χ0v) is 11.6. The molecule has 20 heavy (non-hydrogen) atoms. The van der Waals surface area contributed by atoms with Crippen molar-refractivity contribution >= 4 is 24.2 Å². The SMILES string of the molecule is Cl.N[C@H](CCC(F)(F)F)c1ccc(SC(F)(F)F)cc1. The molecule has 0 aromatic heterocycles. The number of alkyl halides is 6. The van der Waals surface area contributed by atoms with Gasteiger partial charge in [0.2, 0.25) is 0 Å². The van der Waals surface area contributed by atoms with Gasteiger partial charge in [0.25, 0.3) is 0 Å². The van der Waals surface area contributed by atoms with E-state index in [1.807, 2.05) is 0 Å². The Morgan fingerprint density at radius 3 is 1.90 bits per heavy atom. The molecule has 0 unspecified atom stereocenters. The third-order valence-electron chi connectivity index (χ3n) is 2.28. The number of hydrogen-bond donors (Lipinski definition) is 1. The minimum Gasteiger partial charge on any atom is -0.324 e. The highest BCUT2D eigenvalue weighted by molar-refractivity contribution is 8.00. The molecule has 1 rings (SSSR count). The summed E-state index contributed by atoms with van der Waals surface area (Å²) in [6.07, 6.45) is -5.60. The maximum absolute atomic E-state index is 12.1. The second-order valence-electron chi connectivity index (χ2n) is 3.88. The Morgan fingerprint density at radius 1 is 1.00 bits per heavy atom. The molecule has 0 aliphatic heterocycles. The largest absolute Gasteiger partial charge is 0.446 e. The van der Waals surface area contributed by atoms with Gasteiger partial charge in [-0.15, -0.1) is 12.4 Å². The van der Waals surface area contributed by atoms with Gasteiger partial charge in [-0.05, 0) is 35.9 Å².